The van der Waals surface area contributed by atoms with Crippen molar-refractivity contribution >= 4 is 26.7 Å². The fourth-order valence-corrected chi connectivity index (χ4v) is 4.51. The summed E-state index contributed by atoms with van der Waals surface area (Å²) in [4.78, 5) is 18.5. The van der Waals surface area contributed by atoms with Gasteiger partial charge in [-0.15, -0.1) is 0 Å². The molecule has 0 atom stereocenters. The SMILES string of the molecule is CN(CC(=O)N1CCCCCC1)S(=O)(=O)c1cccc2cnccc12. The Morgan fingerprint density at radius 1 is 1.16 bits per heavy atom. The summed E-state index contributed by atoms with van der Waals surface area (Å²) in [5.41, 5.74) is 0. The Labute approximate surface area is 148 Å². The maximum absolute atomic E-state index is 13.0. The van der Waals surface area contributed by atoms with Crippen LogP contribution in [0.4, 0.5) is 0 Å². The van der Waals surface area contributed by atoms with Crippen molar-refractivity contribution in [1.82, 2.24) is 14.2 Å². The summed E-state index contributed by atoms with van der Waals surface area (Å²) in [5.74, 6) is -0.130. The summed E-state index contributed by atoms with van der Waals surface area (Å²) < 4.78 is 27.1. The molecule has 0 spiro atoms. The second-order valence-electron chi connectivity index (χ2n) is 6.41. The van der Waals surface area contributed by atoms with Gasteiger partial charge in [-0.1, -0.05) is 25.0 Å². The lowest BCUT2D eigenvalue weighted by molar-refractivity contribution is -0.131. The highest BCUT2D eigenvalue weighted by Gasteiger charge is 2.27. The molecule has 134 valence electrons. The lowest BCUT2D eigenvalue weighted by Gasteiger charge is -2.24. The Bertz CT molecular complexity index is 854. The molecule has 0 bridgehead atoms. The summed E-state index contributed by atoms with van der Waals surface area (Å²) in [6, 6.07) is 6.78. The number of sulfonamides is 1. The van der Waals surface area contributed by atoms with Crippen LogP contribution in [0.3, 0.4) is 0 Å². The van der Waals surface area contributed by atoms with Crippen LogP contribution in [0.5, 0.6) is 0 Å². The van der Waals surface area contributed by atoms with Gasteiger partial charge in [-0.25, -0.2) is 8.42 Å². The molecule has 2 aromatic rings. The number of carbonyl (C=O) groups is 1. The number of hydrogen-bond donors (Lipinski definition) is 0. The number of nitrogens with zero attached hydrogens (tertiary/aromatic N) is 3. The van der Waals surface area contributed by atoms with Crippen LogP contribution in [0.1, 0.15) is 25.7 Å². The molecule has 0 N–H and O–H groups in total. The van der Waals surface area contributed by atoms with Gasteiger partial charge in [0.05, 0.1) is 11.4 Å². The number of aromatic nitrogens is 1. The van der Waals surface area contributed by atoms with Gasteiger partial charge in [0.25, 0.3) is 0 Å². The molecule has 0 unspecified atom stereocenters. The number of benzene rings is 1. The molecular formula is C18H23N3O3S. The Kier molecular flexibility index (Phi) is 5.34. The first kappa shape index (κ1) is 17.8. The van der Waals surface area contributed by atoms with Crippen molar-refractivity contribution < 1.29 is 13.2 Å². The maximum atomic E-state index is 13.0. The van der Waals surface area contributed by atoms with E-state index in [2.05, 4.69) is 4.98 Å². The highest BCUT2D eigenvalue weighted by atomic mass is 32.2. The third kappa shape index (κ3) is 3.82. The number of fused-ring (bicyclic) bond motifs is 1. The van der Waals surface area contributed by atoms with Crippen LogP contribution in [0, 0.1) is 0 Å². The van der Waals surface area contributed by atoms with Crippen LogP contribution in [0.15, 0.2) is 41.6 Å². The van der Waals surface area contributed by atoms with Crippen LogP contribution in [-0.4, -0.2) is 55.2 Å². The van der Waals surface area contributed by atoms with Crippen molar-refractivity contribution in [3.8, 4) is 0 Å². The molecule has 25 heavy (non-hydrogen) atoms. The van der Waals surface area contributed by atoms with E-state index in [0.29, 0.717) is 18.5 Å². The summed E-state index contributed by atoms with van der Waals surface area (Å²) in [5, 5.41) is 1.38. The van der Waals surface area contributed by atoms with Crippen LogP contribution in [0.2, 0.25) is 0 Å². The largest absolute Gasteiger partial charge is 0.342 e. The van der Waals surface area contributed by atoms with E-state index in [1.165, 1.54) is 7.05 Å². The zero-order chi connectivity index (χ0) is 17.9. The van der Waals surface area contributed by atoms with E-state index in [1.54, 1.807) is 35.5 Å². The second-order valence-corrected chi connectivity index (χ2v) is 8.42. The lowest BCUT2D eigenvalue weighted by Crippen LogP contribution is -2.41. The summed E-state index contributed by atoms with van der Waals surface area (Å²) in [6.45, 7) is 1.29. The normalized spacial score (nSPS) is 16.2. The van der Waals surface area contributed by atoms with Gasteiger partial charge < -0.3 is 4.90 Å². The van der Waals surface area contributed by atoms with E-state index in [9.17, 15) is 13.2 Å². The third-order valence-corrected chi connectivity index (χ3v) is 6.51. The average molecular weight is 361 g/mol. The molecule has 1 amide bonds. The number of hydrogen-bond acceptors (Lipinski definition) is 4. The minimum absolute atomic E-state index is 0.130. The summed E-state index contributed by atoms with van der Waals surface area (Å²) in [6.07, 6.45) is 7.43. The maximum Gasteiger partial charge on any atom is 0.243 e. The molecule has 0 saturated carbocycles. The molecule has 3 rings (SSSR count). The van der Waals surface area contributed by atoms with E-state index in [0.717, 1.165) is 35.4 Å². The molecule has 0 radical (unpaired) electrons. The van der Waals surface area contributed by atoms with Crippen molar-refractivity contribution in [3.63, 3.8) is 0 Å². The molecule has 2 heterocycles. The molecule has 6 nitrogen and oxygen atoms in total. The highest BCUT2D eigenvalue weighted by molar-refractivity contribution is 7.89. The quantitative estimate of drug-likeness (QED) is 0.837. The molecule has 1 fully saturated rings. The van der Waals surface area contributed by atoms with E-state index in [-0.39, 0.29) is 17.3 Å². The number of likely N-dealkylation sites (N-methyl/N-ethyl adjacent to an activating group) is 1. The standard InChI is InChI=1S/C18H23N3O3S/c1-20(14-18(22)21-11-4-2-3-5-12-21)25(23,24)17-8-6-7-15-13-19-10-9-16(15)17/h6-10,13H,2-5,11-12,14H2,1H3. The molecule has 7 heteroatoms. The number of carbonyl (C=O) groups excluding carboxylic acids is 1. The molecule has 1 saturated heterocycles. The van der Waals surface area contributed by atoms with Gasteiger partial charge in [0, 0.05) is 43.3 Å². The summed E-state index contributed by atoms with van der Waals surface area (Å²) in [7, 11) is -2.29. The molecule has 1 aliphatic rings. The van der Waals surface area contributed by atoms with Gasteiger partial charge in [-0.2, -0.15) is 4.31 Å². The van der Waals surface area contributed by atoms with Gasteiger partial charge in [0.15, 0.2) is 0 Å². The van der Waals surface area contributed by atoms with Gasteiger partial charge in [-0.05, 0) is 25.0 Å². The number of rotatable bonds is 4. The van der Waals surface area contributed by atoms with Crippen molar-refractivity contribution in [2.45, 2.75) is 30.6 Å². The molecular weight excluding hydrogens is 338 g/mol. The highest BCUT2D eigenvalue weighted by Crippen LogP contribution is 2.24. The molecule has 1 aliphatic heterocycles. The van der Waals surface area contributed by atoms with Crippen LogP contribution >= 0.6 is 0 Å². The smallest absolute Gasteiger partial charge is 0.243 e. The molecule has 1 aromatic carbocycles. The van der Waals surface area contributed by atoms with Gasteiger partial charge in [0.1, 0.15) is 0 Å². The first-order valence-electron chi connectivity index (χ1n) is 8.57. The number of pyridine rings is 1. The monoisotopic (exact) mass is 361 g/mol. The first-order chi connectivity index (χ1) is 12.0. The van der Waals surface area contributed by atoms with E-state index < -0.39 is 10.0 Å². The third-order valence-electron chi connectivity index (χ3n) is 4.65. The van der Waals surface area contributed by atoms with Gasteiger partial charge in [0.2, 0.25) is 15.9 Å². The van der Waals surface area contributed by atoms with Crippen LogP contribution in [0.25, 0.3) is 10.8 Å². The molecule has 0 aliphatic carbocycles. The van der Waals surface area contributed by atoms with Crippen molar-refractivity contribution in [2.24, 2.45) is 0 Å². The van der Waals surface area contributed by atoms with E-state index in [4.69, 9.17) is 0 Å². The fraction of sp³-hybridized carbons (Fsp3) is 0.444. The zero-order valence-electron chi connectivity index (χ0n) is 14.4. The van der Waals surface area contributed by atoms with Gasteiger partial charge in [-0.3, -0.25) is 9.78 Å². The Morgan fingerprint density at radius 3 is 2.60 bits per heavy atom. The van der Waals surface area contributed by atoms with Crippen molar-refractivity contribution in [2.75, 3.05) is 26.7 Å². The van der Waals surface area contributed by atoms with Crippen molar-refractivity contribution in [1.29, 1.82) is 0 Å². The Morgan fingerprint density at radius 2 is 1.88 bits per heavy atom. The minimum atomic E-state index is -3.75. The van der Waals surface area contributed by atoms with Crippen molar-refractivity contribution in [3.05, 3.63) is 36.7 Å². The average Bonchev–Trinajstić information content (AvgIpc) is 2.90. The van der Waals surface area contributed by atoms with E-state index >= 15 is 0 Å². The predicted octanol–water partition coefficient (Wildman–Crippen LogP) is 2.26. The zero-order valence-corrected chi connectivity index (χ0v) is 15.2. The van der Waals surface area contributed by atoms with Crippen LogP contribution < -0.4 is 0 Å². The molecule has 1 aromatic heterocycles. The lowest BCUT2D eigenvalue weighted by atomic mass is 10.2. The first-order valence-corrected chi connectivity index (χ1v) is 10.0. The number of likely N-dealkylation sites (tertiary alicyclic amines) is 1. The topological polar surface area (TPSA) is 70.6 Å². The Hall–Kier alpha value is -1.99. The van der Waals surface area contributed by atoms with E-state index in [1.807, 2.05) is 6.07 Å². The summed E-state index contributed by atoms with van der Waals surface area (Å²) >= 11 is 0. The predicted molar refractivity (Wildman–Crippen MR) is 96.6 cm³/mol. The fourth-order valence-electron chi connectivity index (χ4n) is 3.18. The van der Waals surface area contributed by atoms with Gasteiger partial charge >= 0.3 is 0 Å². The second kappa shape index (κ2) is 7.49. The number of amides is 1. The van der Waals surface area contributed by atoms with Crippen LogP contribution in [-0.2, 0) is 14.8 Å². The minimum Gasteiger partial charge on any atom is -0.342 e. The Balaban J connectivity index is 1.82.